The maximum Gasteiger partial charge on any atom is 0.191 e. The second-order valence-corrected chi connectivity index (χ2v) is 8.02. The first-order chi connectivity index (χ1) is 12.4. The lowest BCUT2D eigenvalue weighted by Crippen LogP contribution is -2.39. The van der Waals surface area contributed by atoms with Gasteiger partial charge in [0.25, 0.3) is 0 Å². The van der Waals surface area contributed by atoms with Gasteiger partial charge >= 0.3 is 0 Å². The van der Waals surface area contributed by atoms with Crippen LogP contribution in [0.25, 0.3) is 0 Å². The molecule has 0 saturated heterocycles. The van der Waals surface area contributed by atoms with E-state index in [0.717, 1.165) is 11.6 Å². The number of hydrogen-bond donors (Lipinski definition) is 2. The molecule has 2 N–H and O–H groups in total. The average molecular weight is 526 g/mol. The van der Waals surface area contributed by atoms with Crippen molar-refractivity contribution in [3.63, 3.8) is 0 Å². The number of sulfone groups is 1. The standard InChI is InChI=1S/C18H21ClFN3O2S.HI/c1-2-21-18(23-13-14-6-5-7-15(19)12-14)22-10-11-26(24,25)17-9-4-3-8-16(17)20;/h3-9,12H,2,10-11,13H2,1H3,(H2,21,22,23);1H. The molecule has 0 aliphatic carbocycles. The molecule has 27 heavy (non-hydrogen) atoms. The van der Waals surface area contributed by atoms with Crippen LogP contribution < -0.4 is 10.6 Å². The van der Waals surface area contributed by atoms with E-state index in [1.54, 1.807) is 6.07 Å². The van der Waals surface area contributed by atoms with E-state index in [0.29, 0.717) is 24.1 Å². The molecule has 0 aromatic heterocycles. The molecule has 0 amide bonds. The Hall–Kier alpha value is -1.39. The van der Waals surface area contributed by atoms with Gasteiger partial charge in [-0.25, -0.2) is 17.8 Å². The number of benzene rings is 2. The second kappa shape index (κ2) is 11.5. The van der Waals surface area contributed by atoms with Gasteiger partial charge in [0.2, 0.25) is 0 Å². The molecule has 0 unspecified atom stereocenters. The maximum absolute atomic E-state index is 13.7. The zero-order valence-corrected chi connectivity index (χ0v) is 18.7. The number of halogens is 3. The highest BCUT2D eigenvalue weighted by Crippen LogP contribution is 2.15. The first-order valence-corrected chi connectivity index (χ1v) is 10.2. The van der Waals surface area contributed by atoms with Crippen LogP contribution in [-0.2, 0) is 16.4 Å². The normalized spacial score (nSPS) is 11.6. The van der Waals surface area contributed by atoms with E-state index in [2.05, 4.69) is 15.6 Å². The zero-order chi connectivity index (χ0) is 19.0. The minimum atomic E-state index is -3.71. The van der Waals surface area contributed by atoms with Crippen molar-refractivity contribution in [2.75, 3.05) is 18.8 Å². The van der Waals surface area contributed by atoms with E-state index < -0.39 is 15.7 Å². The predicted molar refractivity (Wildman–Crippen MR) is 118 cm³/mol. The molecule has 0 saturated carbocycles. The Morgan fingerprint density at radius 2 is 1.89 bits per heavy atom. The summed E-state index contributed by atoms with van der Waals surface area (Å²) in [6.07, 6.45) is 0. The number of nitrogens with zero attached hydrogens (tertiary/aromatic N) is 1. The van der Waals surface area contributed by atoms with Gasteiger partial charge in [0.15, 0.2) is 15.8 Å². The van der Waals surface area contributed by atoms with Gasteiger partial charge in [-0.3, -0.25) is 0 Å². The summed E-state index contributed by atoms with van der Waals surface area (Å²) in [4.78, 5) is 4.11. The molecular formula is C18H22ClFIN3O2S. The first-order valence-electron chi connectivity index (χ1n) is 8.16. The SMILES string of the molecule is CCNC(=NCc1cccc(Cl)c1)NCCS(=O)(=O)c1ccccc1F.I. The van der Waals surface area contributed by atoms with E-state index in [9.17, 15) is 12.8 Å². The number of aliphatic imine (C=N–C) groups is 1. The van der Waals surface area contributed by atoms with Crippen molar-refractivity contribution in [1.29, 1.82) is 0 Å². The zero-order valence-electron chi connectivity index (χ0n) is 14.8. The molecular weight excluding hydrogens is 504 g/mol. The Morgan fingerprint density at radius 3 is 2.56 bits per heavy atom. The molecule has 0 atom stereocenters. The van der Waals surface area contributed by atoms with Crippen LogP contribution >= 0.6 is 35.6 Å². The molecule has 0 spiro atoms. The van der Waals surface area contributed by atoms with Gasteiger partial charge in [0.1, 0.15) is 10.7 Å². The Kier molecular flexibility index (Phi) is 10.0. The van der Waals surface area contributed by atoms with Gasteiger partial charge in [-0.05, 0) is 36.8 Å². The van der Waals surface area contributed by atoms with Crippen molar-refractivity contribution < 1.29 is 12.8 Å². The molecule has 2 aromatic rings. The van der Waals surface area contributed by atoms with Crippen LogP contribution in [0.4, 0.5) is 4.39 Å². The smallest absolute Gasteiger partial charge is 0.191 e. The fourth-order valence-electron chi connectivity index (χ4n) is 2.26. The average Bonchev–Trinajstić information content (AvgIpc) is 2.60. The Labute approximate surface area is 181 Å². The van der Waals surface area contributed by atoms with Crippen LogP contribution in [0.1, 0.15) is 12.5 Å². The summed E-state index contributed by atoms with van der Waals surface area (Å²) in [5.74, 6) is -0.500. The van der Waals surface area contributed by atoms with Crippen molar-refractivity contribution in [1.82, 2.24) is 10.6 Å². The maximum atomic E-state index is 13.7. The fourth-order valence-corrected chi connectivity index (χ4v) is 3.71. The predicted octanol–water partition coefficient (Wildman–Crippen LogP) is 3.63. The summed E-state index contributed by atoms with van der Waals surface area (Å²) in [5, 5.41) is 6.63. The number of guanidine groups is 1. The molecule has 0 bridgehead atoms. The Bertz CT molecular complexity index is 878. The van der Waals surface area contributed by atoms with Crippen LogP contribution in [0.15, 0.2) is 58.4 Å². The van der Waals surface area contributed by atoms with Crippen LogP contribution in [0.3, 0.4) is 0 Å². The minimum absolute atomic E-state index is 0. The van der Waals surface area contributed by atoms with Crippen LogP contribution in [0.2, 0.25) is 5.02 Å². The monoisotopic (exact) mass is 525 g/mol. The highest BCUT2D eigenvalue weighted by Gasteiger charge is 2.18. The van der Waals surface area contributed by atoms with E-state index in [1.807, 2.05) is 25.1 Å². The summed E-state index contributed by atoms with van der Waals surface area (Å²) < 4.78 is 38.2. The molecule has 5 nitrogen and oxygen atoms in total. The van der Waals surface area contributed by atoms with Crippen LogP contribution in [-0.4, -0.2) is 33.2 Å². The Balaban J connectivity index is 0.00000364. The fraction of sp³-hybridized carbons (Fsp3) is 0.278. The molecule has 0 aliphatic heterocycles. The van der Waals surface area contributed by atoms with Crippen LogP contribution in [0.5, 0.6) is 0 Å². The Morgan fingerprint density at radius 1 is 1.15 bits per heavy atom. The van der Waals surface area contributed by atoms with Crippen LogP contribution in [0, 0.1) is 5.82 Å². The lowest BCUT2D eigenvalue weighted by Gasteiger charge is -2.12. The van der Waals surface area contributed by atoms with Gasteiger partial charge in [0, 0.05) is 18.1 Å². The summed E-state index contributed by atoms with van der Waals surface area (Å²) >= 11 is 5.95. The lowest BCUT2D eigenvalue weighted by atomic mass is 10.2. The van der Waals surface area contributed by atoms with Gasteiger partial charge in [-0.15, -0.1) is 24.0 Å². The molecule has 2 rings (SSSR count). The highest BCUT2D eigenvalue weighted by molar-refractivity contribution is 14.0. The third-order valence-electron chi connectivity index (χ3n) is 3.49. The quantitative estimate of drug-likeness (QED) is 0.329. The van der Waals surface area contributed by atoms with Gasteiger partial charge < -0.3 is 10.6 Å². The van der Waals surface area contributed by atoms with Crippen molar-refractivity contribution in [3.8, 4) is 0 Å². The van der Waals surface area contributed by atoms with E-state index in [4.69, 9.17) is 11.6 Å². The van der Waals surface area contributed by atoms with Gasteiger partial charge in [0.05, 0.1) is 12.3 Å². The summed E-state index contributed by atoms with van der Waals surface area (Å²) in [5.41, 5.74) is 0.939. The minimum Gasteiger partial charge on any atom is -0.357 e. The van der Waals surface area contributed by atoms with Crippen molar-refractivity contribution >= 4 is 51.4 Å². The first kappa shape index (κ1) is 23.6. The largest absolute Gasteiger partial charge is 0.357 e. The summed E-state index contributed by atoms with van der Waals surface area (Å²) in [6, 6.07) is 12.7. The van der Waals surface area contributed by atoms with E-state index >= 15 is 0 Å². The number of rotatable bonds is 7. The molecule has 0 radical (unpaired) electrons. The van der Waals surface area contributed by atoms with Crippen molar-refractivity contribution in [3.05, 3.63) is 64.9 Å². The summed E-state index contributed by atoms with van der Waals surface area (Å²) in [6.45, 7) is 3.04. The van der Waals surface area contributed by atoms with Gasteiger partial charge in [-0.2, -0.15) is 0 Å². The molecule has 9 heteroatoms. The molecule has 148 valence electrons. The second-order valence-electron chi connectivity index (χ2n) is 5.50. The molecule has 0 fully saturated rings. The van der Waals surface area contributed by atoms with Gasteiger partial charge in [-0.1, -0.05) is 35.9 Å². The lowest BCUT2D eigenvalue weighted by molar-refractivity contribution is 0.566. The third-order valence-corrected chi connectivity index (χ3v) is 5.47. The van der Waals surface area contributed by atoms with E-state index in [1.165, 1.54) is 18.2 Å². The number of hydrogen-bond acceptors (Lipinski definition) is 3. The van der Waals surface area contributed by atoms with E-state index in [-0.39, 0.29) is 41.2 Å². The highest BCUT2D eigenvalue weighted by atomic mass is 127. The number of nitrogens with one attached hydrogen (secondary N) is 2. The summed E-state index contributed by atoms with van der Waals surface area (Å²) in [7, 11) is -3.71. The molecule has 2 aromatic carbocycles. The molecule has 0 aliphatic rings. The third kappa shape index (κ3) is 7.63. The van der Waals surface area contributed by atoms with Crippen molar-refractivity contribution in [2.45, 2.75) is 18.4 Å². The topological polar surface area (TPSA) is 70.6 Å². The van der Waals surface area contributed by atoms with Crippen molar-refractivity contribution in [2.24, 2.45) is 4.99 Å². The molecule has 0 heterocycles.